The quantitative estimate of drug-likeness (QED) is 0.377. The third-order valence-electron chi connectivity index (χ3n) is 3.85. The predicted molar refractivity (Wildman–Crippen MR) is 119 cm³/mol. The van der Waals surface area contributed by atoms with Crippen molar-refractivity contribution in [1.82, 2.24) is 9.97 Å². The van der Waals surface area contributed by atoms with Crippen LogP contribution in [-0.2, 0) is 14.6 Å². The number of aromatic nitrogens is 2. The molecule has 29 heavy (non-hydrogen) atoms. The van der Waals surface area contributed by atoms with Crippen LogP contribution < -0.4 is 11.1 Å². The van der Waals surface area contributed by atoms with Gasteiger partial charge in [-0.2, -0.15) is 0 Å². The van der Waals surface area contributed by atoms with E-state index in [0.29, 0.717) is 3.79 Å². The second-order valence-corrected chi connectivity index (χ2v) is 11.7. The number of aryl methyl sites for hydroxylation is 2. The Morgan fingerprint density at radius 2 is 2.03 bits per heavy atom. The molecule has 11 heteroatoms. The number of nitrogen functional groups attached to an aromatic ring is 1. The van der Waals surface area contributed by atoms with Crippen molar-refractivity contribution in [3.8, 4) is 0 Å². The first-order valence-corrected chi connectivity index (χ1v) is 12.4. The average molecular weight is 513 g/mol. The summed E-state index contributed by atoms with van der Waals surface area (Å²) in [4.78, 5) is 20.1. The average Bonchev–Trinajstić information content (AvgIpc) is 3.09. The van der Waals surface area contributed by atoms with Crippen LogP contribution in [0.25, 0.3) is 0 Å². The van der Waals surface area contributed by atoms with Crippen molar-refractivity contribution in [3.05, 3.63) is 51.4 Å². The molecule has 3 rings (SSSR count). The molecule has 7 nitrogen and oxygen atoms in total. The first-order chi connectivity index (χ1) is 13.7. The van der Waals surface area contributed by atoms with Gasteiger partial charge >= 0.3 is 0 Å². The Morgan fingerprint density at radius 1 is 1.28 bits per heavy atom. The molecule has 0 fully saturated rings. The van der Waals surface area contributed by atoms with Crippen LogP contribution in [0.1, 0.15) is 11.1 Å². The lowest BCUT2D eigenvalue weighted by Crippen LogP contribution is -2.15. The van der Waals surface area contributed by atoms with Crippen LogP contribution in [0.4, 0.5) is 11.5 Å². The van der Waals surface area contributed by atoms with Crippen molar-refractivity contribution in [2.75, 3.05) is 16.8 Å². The molecule has 0 spiro atoms. The van der Waals surface area contributed by atoms with Crippen LogP contribution >= 0.6 is 39.0 Å². The fourth-order valence-electron chi connectivity index (χ4n) is 2.46. The molecular formula is C18H17BrN4O3S3. The highest BCUT2D eigenvalue weighted by Gasteiger charge is 2.24. The van der Waals surface area contributed by atoms with E-state index in [1.165, 1.54) is 12.3 Å². The number of thiophene rings is 1. The lowest BCUT2D eigenvalue weighted by atomic mass is 10.1. The van der Waals surface area contributed by atoms with E-state index in [9.17, 15) is 13.2 Å². The van der Waals surface area contributed by atoms with Crippen LogP contribution in [-0.4, -0.2) is 30.0 Å². The van der Waals surface area contributed by atoms with Crippen molar-refractivity contribution < 1.29 is 13.2 Å². The summed E-state index contributed by atoms with van der Waals surface area (Å²) in [6.07, 6.45) is 1.18. The van der Waals surface area contributed by atoms with E-state index < -0.39 is 9.84 Å². The standard InChI is InChI=1S/C18H17BrN4O3S3/c1-10-3-4-12(11(2)7-10)22-15(24)9-27-18-21-8-13(17(20)23-18)29(25,26)16-6-5-14(19)28-16/h3-8H,9H2,1-2H3,(H,22,24)(H2,20,21,23). The molecule has 0 saturated carbocycles. The molecule has 0 aliphatic heterocycles. The number of halogens is 1. The maximum atomic E-state index is 12.7. The number of benzene rings is 1. The third kappa shape index (κ3) is 5.16. The van der Waals surface area contributed by atoms with E-state index in [4.69, 9.17) is 5.73 Å². The number of thioether (sulfide) groups is 1. The SMILES string of the molecule is Cc1ccc(NC(=O)CSc2ncc(S(=O)(=O)c3ccc(Br)s3)c(N)n2)c(C)c1. The van der Waals surface area contributed by atoms with E-state index in [2.05, 4.69) is 31.2 Å². The number of hydrogen-bond donors (Lipinski definition) is 2. The number of anilines is 2. The highest BCUT2D eigenvalue weighted by molar-refractivity contribution is 9.11. The minimum atomic E-state index is -3.80. The Hall–Kier alpha value is -1.95. The minimum Gasteiger partial charge on any atom is -0.382 e. The van der Waals surface area contributed by atoms with E-state index in [0.717, 1.165) is 39.9 Å². The van der Waals surface area contributed by atoms with Gasteiger partial charge in [-0.25, -0.2) is 18.4 Å². The van der Waals surface area contributed by atoms with Gasteiger partial charge in [-0.15, -0.1) is 11.3 Å². The Morgan fingerprint density at radius 3 is 2.66 bits per heavy atom. The Kier molecular flexibility index (Phi) is 6.62. The van der Waals surface area contributed by atoms with Crippen LogP contribution in [0.15, 0.2) is 54.6 Å². The molecule has 0 saturated heterocycles. The monoisotopic (exact) mass is 512 g/mol. The summed E-state index contributed by atoms with van der Waals surface area (Å²) in [5, 5.41) is 3.06. The number of nitrogens with two attached hydrogens (primary N) is 1. The number of carbonyl (C=O) groups excluding carboxylic acids is 1. The molecule has 1 aromatic carbocycles. The third-order valence-corrected chi connectivity index (χ3v) is 8.60. The maximum absolute atomic E-state index is 12.7. The van der Waals surface area contributed by atoms with Gasteiger partial charge < -0.3 is 11.1 Å². The van der Waals surface area contributed by atoms with Crippen molar-refractivity contribution in [2.24, 2.45) is 0 Å². The zero-order chi connectivity index (χ0) is 21.2. The molecule has 0 bridgehead atoms. The number of hydrogen-bond acceptors (Lipinski definition) is 8. The van der Waals surface area contributed by atoms with E-state index in [1.54, 1.807) is 6.07 Å². The lowest BCUT2D eigenvalue weighted by molar-refractivity contribution is -0.113. The predicted octanol–water partition coefficient (Wildman–Crippen LogP) is 4.06. The Bertz CT molecular complexity index is 1180. The van der Waals surface area contributed by atoms with Crippen molar-refractivity contribution in [3.63, 3.8) is 0 Å². The van der Waals surface area contributed by atoms with Crippen LogP contribution in [0.2, 0.25) is 0 Å². The lowest BCUT2D eigenvalue weighted by Gasteiger charge is -2.09. The number of sulfone groups is 1. The van der Waals surface area contributed by atoms with Crippen LogP contribution in [0.3, 0.4) is 0 Å². The molecule has 152 valence electrons. The van der Waals surface area contributed by atoms with Gasteiger partial charge in [0.15, 0.2) is 5.16 Å². The summed E-state index contributed by atoms with van der Waals surface area (Å²) in [5.74, 6) is -0.303. The molecule has 0 aliphatic rings. The zero-order valence-corrected chi connectivity index (χ0v) is 19.5. The molecule has 0 aliphatic carbocycles. The Balaban J connectivity index is 1.68. The fourth-order valence-corrected chi connectivity index (χ4v) is 6.48. The first kappa shape index (κ1) is 21.8. The molecule has 0 atom stereocenters. The first-order valence-electron chi connectivity index (χ1n) is 8.29. The van der Waals surface area contributed by atoms with Crippen LogP contribution in [0.5, 0.6) is 0 Å². The van der Waals surface area contributed by atoms with E-state index in [1.807, 2.05) is 32.0 Å². The minimum absolute atomic E-state index is 0.0662. The van der Waals surface area contributed by atoms with Gasteiger partial charge in [-0.05, 0) is 53.5 Å². The second kappa shape index (κ2) is 8.82. The van der Waals surface area contributed by atoms with E-state index in [-0.39, 0.29) is 31.7 Å². The number of rotatable bonds is 6. The molecule has 2 heterocycles. The Labute approximate surface area is 185 Å². The van der Waals surface area contributed by atoms with Gasteiger partial charge in [0.25, 0.3) is 0 Å². The van der Waals surface area contributed by atoms with Crippen molar-refractivity contribution in [1.29, 1.82) is 0 Å². The number of nitrogens with zero attached hydrogens (tertiary/aromatic N) is 2. The topological polar surface area (TPSA) is 115 Å². The van der Waals surface area contributed by atoms with Gasteiger partial charge in [-0.3, -0.25) is 4.79 Å². The molecule has 0 unspecified atom stereocenters. The molecule has 3 N–H and O–H groups in total. The summed E-state index contributed by atoms with van der Waals surface area (Å²) in [6.45, 7) is 3.90. The van der Waals surface area contributed by atoms with Gasteiger partial charge in [-0.1, -0.05) is 29.5 Å². The normalized spacial score (nSPS) is 11.4. The second-order valence-electron chi connectivity index (χ2n) is 6.12. The molecule has 0 radical (unpaired) electrons. The van der Waals surface area contributed by atoms with Gasteiger partial charge in [0.05, 0.1) is 15.7 Å². The van der Waals surface area contributed by atoms with Gasteiger partial charge in [0.2, 0.25) is 15.7 Å². The smallest absolute Gasteiger partial charge is 0.234 e. The highest BCUT2D eigenvalue weighted by atomic mass is 79.9. The summed E-state index contributed by atoms with van der Waals surface area (Å²) in [7, 11) is -3.80. The summed E-state index contributed by atoms with van der Waals surface area (Å²) in [5.41, 5.74) is 8.69. The zero-order valence-electron chi connectivity index (χ0n) is 15.5. The van der Waals surface area contributed by atoms with Crippen LogP contribution in [0, 0.1) is 13.8 Å². The molecule has 3 aromatic rings. The molecule has 1 amide bonds. The van der Waals surface area contributed by atoms with Crippen molar-refractivity contribution >= 4 is 66.3 Å². The number of carbonyl (C=O) groups is 1. The van der Waals surface area contributed by atoms with Gasteiger partial charge in [0.1, 0.15) is 14.9 Å². The highest BCUT2D eigenvalue weighted by Crippen LogP contribution is 2.32. The summed E-state index contributed by atoms with van der Waals surface area (Å²) < 4.78 is 26.2. The maximum Gasteiger partial charge on any atom is 0.234 e. The largest absolute Gasteiger partial charge is 0.382 e. The molecule has 2 aromatic heterocycles. The summed E-state index contributed by atoms with van der Waals surface area (Å²) >= 11 is 5.40. The number of amides is 1. The van der Waals surface area contributed by atoms with Crippen molar-refractivity contribution in [2.45, 2.75) is 28.1 Å². The fraction of sp³-hybridized carbons (Fsp3) is 0.167. The number of nitrogens with one attached hydrogen (secondary N) is 1. The van der Waals surface area contributed by atoms with E-state index >= 15 is 0 Å². The summed E-state index contributed by atoms with van der Waals surface area (Å²) in [6, 6.07) is 8.89. The van der Waals surface area contributed by atoms with Gasteiger partial charge in [0, 0.05) is 5.69 Å². The molecular weight excluding hydrogens is 496 g/mol.